The predicted octanol–water partition coefficient (Wildman–Crippen LogP) is 0.131. The van der Waals surface area contributed by atoms with E-state index in [1.807, 2.05) is 0 Å². The van der Waals surface area contributed by atoms with Gasteiger partial charge in [0, 0.05) is 12.6 Å². The highest BCUT2D eigenvalue weighted by molar-refractivity contribution is 7.88. The lowest BCUT2D eigenvalue weighted by Crippen LogP contribution is -2.45. The van der Waals surface area contributed by atoms with Crippen molar-refractivity contribution in [3.05, 3.63) is 0 Å². The highest BCUT2D eigenvalue weighted by Crippen LogP contribution is 2.24. The fraction of sp³-hybridized carbons (Fsp3) is 0.875. The molecule has 0 aromatic heterocycles. The van der Waals surface area contributed by atoms with Crippen molar-refractivity contribution in [1.29, 1.82) is 0 Å². The van der Waals surface area contributed by atoms with Crippen LogP contribution < -0.4 is 0 Å². The van der Waals surface area contributed by atoms with Crippen LogP contribution in [0.3, 0.4) is 0 Å². The van der Waals surface area contributed by atoms with Crippen LogP contribution in [-0.4, -0.2) is 42.6 Å². The second-order valence-electron chi connectivity index (χ2n) is 3.78. The summed E-state index contributed by atoms with van der Waals surface area (Å²) in [5.41, 5.74) is 0. The van der Waals surface area contributed by atoms with E-state index in [2.05, 4.69) is 0 Å². The lowest BCUT2D eigenvalue weighted by atomic mass is 9.93. The van der Waals surface area contributed by atoms with Gasteiger partial charge in [-0.05, 0) is 19.8 Å². The Labute approximate surface area is 83.8 Å². The Morgan fingerprint density at radius 3 is 2.43 bits per heavy atom. The first-order valence-corrected chi connectivity index (χ1v) is 6.37. The van der Waals surface area contributed by atoms with Crippen LogP contribution in [0.15, 0.2) is 0 Å². The first-order chi connectivity index (χ1) is 6.32. The van der Waals surface area contributed by atoms with Gasteiger partial charge in [0.25, 0.3) is 0 Å². The number of carbonyl (C=O) groups is 1. The number of piperidine rings is 1. The average Bonchev–Trinajstić information content (AvgIpc) is 2.01. The second kappa shape index (κ2) is 3.86. The van der Waals surface area contributed by atoms with E-state index >= 15 is 0 Å². The van der Waals surface area contributed by atoms with Crippen LogP contribution in [0.1, 0.15) is 19.8 Å². The largest absolute Gasteiger partial charge is 0.481 e. The third-order valence-electron chi connectivity index (χ3n) is 2.59. The van der Waals surface area contributed by atoms with Gasteiger partial charge < -0.3 is 5.11 Å². The molecular weight excluding hydrogens is 206 g/mol. The number of rotatable bonds is 2. The quantitative estimate of drug-likeness (QED) is 0.719. The predicted molar refractivity (Wildman–Crippen MR) is 51.4 cm³/mol. The molecule has 1 N–H and O–H groups in total. The lowest BCUT2D eigenvalue weighted by molar-refractivity contribution is -0.143. The summed E-state index contributed by atoms with van der Waals surface area (Å²) in [5.74, 6) is -1.23. The van der Waals surface area contributed by atoms with Gasteiger partial charge in [-0.25, -0.2) is 8.42 Å². The number of hydrogen-bond acceptors (Lipinski definition) is 3. The third kappa shape index (κ3) is 2.45. The van der Waals surface area contributed by atoms with Crippen LogP contribution >= 0.6 is 0 Å². The van der Waals surface area contributed by atoms with E-state index in [0.29, 0.717) is 19.4 Å². The van der Waals surface area contributed by atoms with E-state index in [1.54, 1.807) is 6.92 Å². The zero-order valence-corrected chi connectivity index (χ0v) is 9.12. The van der Waals surface area contributed by atoms with Crippen molar-refractivity contribution in [2.45, 2.75) is 25.8 Å². The van der Waals surface area contributed by atoms with E-state index in [4.69, 9.17) is 5.11 Å². The SMILES string of the molecule is CC1CC(C(=O)O)CCN1S(C)(=O)=O. The van der Waals surface area contributed by atoms with Crippen molar-refractivity contribution in [2.75, 3.05) is 12.8 Å². The molecule has 1 rings (SSSR count). The Balaban J connectivity index is 2.70. The molecule has 0 bridgehead atoms. The van der Waals surface area contributed by atoms with Gasteiger partial charge in [0.1, 0.15) is 0 Å². The molecule has 1 fully saturated rings. The maximum atomic E-state index is 11.3. The Bertz CT molecular complexity index is 324. The van der Waals surface area contributed by atoms with Crippen molar-refractivity contribution in [2.24, 2.45) is 5.92 Å². The minimum atomic E-state index is -3.18. The summed E-state index contributed by atoms with van der Waals surface area (Å²) in [6, 6.07) is -0.208. The zero-order valence-electron chi connectivity index (χ0n) is 8.30. The minimum absolute atomic E-state index is 0.208. The van der Waals surface area contributed by atoms with E-state index in [1.165, 1.54) is 4.31 Å². The Morgan fingerprint density at radius 1 is 1.50 bits per heavy atom. The highest BCUT2D eigenvalue weighted by atomic mass is 32.2. The van der Waals surface area contributed by atoms with E-state index < -0.39 is 21.9 Å². The minimum Gasteiger partial charge on any atom is -0.481 e. The Kier molecular flexibility index (Phi) is 3.16. The summed E-state index contributed by atoms with van der Waals surface area (Å²) < 4.78 is 23.9. The van der Waals surface area contributed by atoms with Crippen molar-refractivity contribution in [1.82, 2.24) is 4.31 Å². The number of aliphatic carboxylic acids is 1. The van der Waals surface area contributed by atoms with E-state index in [9.17, 15) is 13.2 Å². The van der Waals surface area contributed by atoms with Gasteiger partial charge in [-0.2, -0.15) is 4.31 Å². The van der Waals surface area contributed by atoms with Crippen molar-refractivity contribution in [3.8, 4) is 0 Å². The molecule has 0 spiro atoms. The molecule has 2 atom stereocenters. The molecule has 6 heteroatoms. The summed E-state index contributed by atoms with van der Waals surface area (Å²) in [6.45, 7) is 2.06. The standard InChI is InChI=1S/C8H15NO4S/c1-6-5-7(8(10)11)3-4-9(6)14(2,12)13/h6-7H,3-5H2,1-2H3,(H,10,11). The van der Waals surface area contributed by atoms with Crippen LogP contribution in [0, 0.1) is 5.92 Å². The van der Waals surface area contributed by atoms with Crippen LogP contribution in [-0.2, 0) is 14.8 Å². The molecule has 2 unspecified atom stereocenters. The molecule has 1 saturated heterocycles. The molecule has 1 aliphatic heterocycles. The first-order valence-electron chi connectivity index (χ1n) is 4.52. The number of carboxylic acids is 1. The molecule has 1 heterocycles. The molecule has 5 nitrogen and oxygen atoms in total. The molecule has 0 radical (unpaired) electrons. The molecule has 0 aromatic carbocycles. The molecule has 0 amide bonds. The number of hydrogen-bond donors (Lipinski definition) is 1. The molecule has 1 aliphatic rings. The van der Waals surface area contributed by atoms with Gasteiger partial charge in [0.05, 0.1) is 12.2 Å². The highest BCUT2D eigenvalue weighted by Gasteiger charge is 2.33. The molecule has 0 aliphatic carbocycles. The zero-order chi connectivity index (χ0) is 10.9. The summed E-state index contributed by atoms with van der Waals surface area (Å²) in [7, 11) is -3.18. The van der Waals surface area contributed by atoms with Crippen molar-refractivity contribution in [3.63, 3.8) is 0 Å². The third-order valence-corrected chi connectivity index (χ3v) is 3.98. The summed E-state index contributed by atoms with van der Waals surface area (Å²) in [5, 5.41) is 8.78. The summed E-state index contributed by atoms with van der Waals surface area (Å²) in [6.07, 6.45) is 1.97. The lowest BCUT2D eigenvalue weighted by Gasteiger charge is -2.34. The van der Waals surface area contributed by atoms with Gasteiger partial charge in [-0.3, -0.25) is 4.79 Å². The van der Waals surface area contributed by atoms with Crippen LogP contribution in [0.2, 0.25) is 0 Å². The Morgan fingerprint density at radius 2 is 2.07 bits per heavy atom. The first kappa shape index (κ1) is 11.5. The molecule has 0 saturated carbocycles. The Hall–Kier alpha value is -0.620. The van der Waals surface area contributed by atoms with Gasteiger partial charge >= 0.3 is 5.97 Å². The maximum absolute atomic E-state index is 11.3. The molecule has 82 valence electrons. The second-order valence-corrected chi connectivity index (χ2v) is 5.72. The van der Waals surface area contributed by atoms with E-state index in [0.717, 1.165) is 6.26 Å². The van der Waals surface area contributed by atoms with Crippen LogP contribution in [0.25, 0.3) is 0 Å². The monoisotopic (exact) mass is 221 g/mol. The maximum Gasteiger partial charge on any atom is 0.306 e. The molecule has 14 heavy (non-hydrogen) atoms. The van der Waals surface area contributed by atoms with Gasteiger partial charge in [0.15, 0.2) is 0 Å². The number of carboxylic acid groups (broad SMARTS) is 1. The average molecular weight is 221 g/mol. The topological polar surface area (TPSA) is 74.7 Å². The van der Waals surface area contributed by atoms with E-state index in [-0.39, 0.29) is 6.04 Å². The van der Waals surface area contributed by atoms with Crippen LogP contribution in [0.5, 0.6) is 0 Å². The van der Waals surface area contributed by atoms with Gasteiger partial charge in [0.2, 0.25) is 10.0 Å². The van der Waals surface area contributed by atoms with Crippen molar-refractivity contribution >= 4 is 16.0 Å². The summed E-state index contributed by atoms with van der Waals surface area (Å²) >= 11 is 0. The van der Waals surface area contributed by atoms with Gasteiger partial charge in [-0.1, -0.05) is 0 Å². The normalized spacial score (nSPS) is 30.1. The fourth-order valence-corrected chi connectivity index (χ4v) is 3.04. The smallest absolute Gasteiger partial charge is 0.306 e. The van der Waals surface area contributed by atoms with Crippen LogP contribution in [0.4, 0.5) is 0 Å². The van der Waals surface area contributed by atoms with Gasteiger partial charge in [-0.15, -0.1) is 0 Å². The molecular formula is C8H15NO4S. The fourth-order valence-electron chi connectivity index (χ4n) is 1.87. The van der Waals surface area contributed by atoms with Crippen molar-refractivity contribution < 1.29 is 18.3 Å². The molecule has 0 aromatic rings. The number of nitrogens with zero attached hydrogens (tertiary/aromatic N) is 1. The number of sulfonamides is 1. The summed E-state index contributed by atoms with van der Waals surface area (Å²) in [4.78, 5) is 10.7.